The molecule has 17 heavy (non-hydrogen) atoms. The summed E-state index contributed by atoms with van der Waals surface area (Å²) in [6.07, 6.45) is -3.43. The van der Waals surface area contributed by atoms with Crippen molar-refractivity contribution in [3.05, 3.63) is 0 Å². The molecule has 0 spiro atoms. The Kier molecular flexibility index (Phi) is 4.36. The standard InChI is InChI=1S/C10H14F3NO3/c11-10(12,13)9(17)14-5-1-2-7(6-14)3-4-8(15)16/h7H,1-6H2,(H,15,16)/t7-/m1/s1. The van der Waals surface area contributed by atoms with Gasteiger partial charge in [0.05, 0.1) is 0 Å². The highest BCUT2D eigenvalue weighted by Crippen LogP contribution is 2.25. The van der Waals surface area contributed by atoms with E-state index < -0.39 is 18.1 Å². The van der Waals surface area contributed by atoms with Crippen molar-refractivity contribution in [2.24, 2.45) is 5.92 Å². The fraction of sp³-hybridized carbons (Fsp3) is 0.800. The Morgan fingerprint density at radius 1 is 1.35 bits per heavy atom. The zero-order valence-electron chi connectivity index (χ0n) is 9.16. The van der Waals surface area contributed by atoms with Crippen LogP contribution in [0.5, 0.6) is 0 Å². The largest absolute Gasteiger partial charge is 0.481 e. The highest BCUT2D eigenvalue weighted by molar-refractivity contribution is 5.81. The number of nitrogens with zero attached hydrogens (tertiary/aromatic N) is 1. The van der Waals surface area contributed by atoms with Crippen molar-refractivity contribution in [1.82, 2.24) is 4.90 Å². The van der Waals surface area contributed by atoms with Crippen molar-refractivity contribution in [2.45, 2.75) is 31.9 Å². The fourth-order valence-electron chi connectivity index (χ4n) is 1.99. The maximum absolute atomic E-state index is 12.2. The normalized spacial score (nSPS) is 21.4. The molecule has 0 radical (unpaired) electrons. The third-order valence-corrected chi connectivity index (χ3v) is 2.82. The fourth-order valence-corrected chi connectivity index (χ4v) is 1.99. The van der Waals surface area contributed by atoms with Gasteiger partial charge in [0.25, 0.3) is 0 Å². The van der Waals surface area contributed by atoms with Crippen molar-refractivity contribution in [2.75, 3.05) is 13.1 Å². The van der Waals surface area contributed by atoms with Gasteiger partial charge in [0.2, 0.25) is 0 Å². The predicted molar refractivity (Wildman–Crippen MR) is 52.2 cm³/mol. The van der Waals surface area contributed by atoms with E-state index in [1.54, 1.807) is 0 Å². The second kappa shape index (κ2) is 5.37. The Morgan fingerprint density at radius 3 is 2.53 bits per heavy atom. The van der Waals surface area contributed by atoms with Crippen molar-refractivity contribution >= 4 is 11.9 Å². The molecule has 7 heteroatoms. The van der Waals surface area contributed by atoms with Crippen LogP contribution < -0.4 is 0 Å². The Labute approximate surface area is 96.4 Å². The number of amides is 1. The molecule has 0 aromatic rings. The Bertz CT molecular complexity index is 304. The van der Waals surface area contributed by atoms with Crippen molar-refractivity contribution < 1.29 is 27.9 Å². The first-order valence-corrected chi connectivity index (χ1v) is 5.38. The quantitative estimate of drug-likeness (QED) is 0.832. The van der Waals surface area contributed by atoms with Gasteiger partial charge in [0.1, 0.15) is 0 Å². The number of hydrogen-bond donors (Lipinski definition) is 1. The first kappa shape index (κ1) is 13.8. The molecule has 0 saturated carbocycles. The molecule has 1 heterocycles. The number of rotatable bonds is 3. The third-order valence-electron chi connectivity index (χ3n) is 2.82. The summed E-state index contributed by atoms with van der Waals surface area (Å²) >= 11 is 0. The van der Waals surface area contributed by atoms with Gasteiger partial charge in [-0.2, -0.15) is 13.2 Å². The number of alkyl halides is 3. The summed E-state index contributed by atoms with van der Waals surface area (Å²) < 4.78 is 36.6. The van der Waals surface area contributed by atoms with Gasteiger partial charge in [-0.25, -0.2) is 0 Å². The summed E-state index contributed by atoms with van der Waals surface area (Å²) in [5.74, 6) is -2.94. The van der Waals surface area contributed by atoms with Gasteiger partial charge in [-0.3, -0.25) is 9.59 Å². The molecule has 4 nitrogen and oxygen atoms in total. The van der Waals surface area contributed by atoms with E-state index in [9.17, 15) is 22.8 Å². The van der Waals surface area contributed by atoms with Crippen LogP contribution in [0.2, 0.25) is 0 Å². The molecule has 1 saturated heterocycles. The zero-order valence-corrected chi connectivity index (χ0v) is 9.16. The number of hydrogen-bond acceptors (Lipinski definition) is 2. The molecule has 0 unspecified atom stereocenters. The lowest BCUT2D eigenvalue weighted by atomic mass is 9.93. The smallest absolute Gasteiger partial charge is 0.471 e. The lowest BCUT2D eigenvalue weighted by molar-refractivity contribution is -0.187. The molecule has 1 atom stereocenters. The van der Waals surface area contributed by atoms with E-state index in [1.807, 2.05) is 0 Å². The van der Waals surface area contributed by atoms with Gasteiger partial charge < -0.3 is 10.0 Å². The Balaban J connectivity index is 2.49. The summed E-state index contributed by atoms with van der Waals surface area (Å²) in [6, 6.07) is 0. The lowest BCUT2D eigenvalue weighted by Gasteiger charge is -2.32. The molecule has 0 aromatic heterocycles. The summed E-state index contributed by atoms with van der Waals surface area (Å²) in [6.45, 7) is 0.105. The highest BCUT2D eigenvalue weighted by atomic mass is 19.4. The Morgan fingerprint density at radius 2 is 2.00 bits per heavy atom. The molecular formula is C10H14F3NO3. The van der Waals surface area contributed by atoms with E-state index in [1.165, 1.54) is 0 Å². The van der Waals surface area contributed by atoms with Gasteiger partial charge >= 0.3 is 18.1 Å². The summed E-state index contributed by atoms with van der Waals surface area (Å²) in [7, 11) is 0. The molecule has 1 aliphatic rings. The molecule has 0 bridgehead atoms. The summed E-state index contributed by atoms with van der Waals surface area (Å²) in [5, 5.41) is 8.49. The van der Waals surface area contributed by atoms with Crippen LogP contribution in [0.3, 0.4) is 0 Å². The zero-order chi connectivity index (χ0) is 13.1. The first-order chi connectivity index (χ1) is 7.80. The van der Waals surface area contributed by atoms with E-state index in [0.29, 0.717) is 19.3 Å². The number of carboxylic acid groups (broad SMARTS) is 1. The molecule has 1 N–H and O–H groups in total. The minimum atomic E-state index is -4.84. The number of likely N-dealkylation sites (tertiary alicyclic amines) is 1. The topological polar surface area (TPSA) is 57.6 Å². The molecular weight excluding hydrogens is 239 g/mol. The van der Waals surface area contributed by atoms with Crippen LogP contribution in [-0.4, -0.2) is 41.1 Å². The number of piperidine rings is 1. The number of carboxylic acids is 1. The van der Waals surface area contributed by atoms with Gasteiger partial charge in [-0.1, -0.05) is 0 Å². The summed E-state index contributed by atoms with van der Waals surface area (Å²) in [4.78, 5) is 22.1. The number of carbonyl (C=O) groups is 2. The van der Waals surface area contributed by atoms with Crippen LogP contribution in [-0.2, 0) is 9.59 Å². The summed E-state index contributed by atoms with van der Waals surface area (Å²) in [5.41, 5.74) is 0. The maximum Gasteiger partial charge on any atom is 0.471 e. The molecule has 0 aromatic carbocycles. The molecule has 0 aliphatic carbocycles. The van der Waals surface area contributed by atoms with E-state index >= 15 is 0 Å². The molecule has 1 fully saturated rings. The van der Waals surface area contributed by atoms with Crippen LogP contribution >= 0.6 is 0 Å². The second-order valence-corrected chi connectivity index (χ2v) is 4.19. The maximum atomic E-state index is 12.2. The van der Waals surface area contributed by atoms with Gasteiger partial charge in [0, 0.05) is 19.5 Å². The number of halogens is 3. The van der Waals surface area contributed by atoms with Crippen LogP contribution in [0.25, 0.3) is 0 Å². The van der Waals surface area contributed by atoms with E-state index in [-0.39, 0.29) is 25.4 Å². The van der Waals surface area contributed by atoms with Crippen LogP contribution in [0.4, 0.5) is 13.2 Å². The average molecular weight is 253 g/mol. The van der Waals surface area contributed by atoms with Crippen molar-refractivity contribution in [3.63, 3.8) is 0 Å². The van der Waals surface area contributed by atoms with Crippen LogP contribution in [0.1, 0.15) is 25.7 Å². The molecule has 1 aliphatic heterocycles. The van der Waals surface area contributed by atoms with E-state index in [4.69, 9.17) is 5.11 Å². The van der Waals surface area contributed by atoms with Crippen molar-refractivity contribution in [1.29, 1.82) is 0 Å². The second-order valence-electron chi connectivity index (χ2n) is 4.19. The van der Waals surface area contributed by atoms with E-state index in [2.05, 4.69) is 0 Å². The Hall–Kier alpha value is -1.27. The third kappa shape index (κ3) is 4.24. The van der Waals surface area contributed by atoms with Gasteiger partial charge in [-0.05, 0) is 25.2 Å². The monoisotopic (exact) mass is 253 g/mol. The van der Waals surface area contributed by atoms with Gasteiger partial charge in [-0.15, -0.1) is 0 Å². The first-order valence-electron chi connectivity index (χ1n) is 5.38. The molecule has 98 valence electrons. The van der Waals surface area contributed by atoms with Crippen molar-refractivity contribution in [3.8, 4) is 0 Å². The highest BCUT2D eigenvalue weighted by Gasteiger charge is 2.43. The van der Waals surface area contributed by atoms with Gasteiger partial charge in [0.15, 0.2) is 0 Å². The van der Waals surface area contributed by atoms with Crippen LogP contribution in [0, 0.1) is 5.92 Å². The molecule has 1 rings (SSSR count). The SMILES string of the molecule is O=C(O)CC[C@H]1CCCN(C(=O)C(F)(F)F)C1. The van der Waals surface area contributed by atoms with Crippen LogP contribution in [0.15, 0.2) is 0 Å². The minimum absolute atomic E-state index is 0.00558. The molecule has 1 amide bonds. The number of carbonyl (C=O) groups excluding carboxylic acids is 1. The minimum Gasteiger partial charge on any atom is -0.481 e. The predicted octanol–water partition coefficient (Wildman–Crippen LogP) is 1.65. The van der Waals surface area contributed by atoms with E-state index in [0.717, 1.165) is 4.90 Å². The number of aliphatic carboxylic acids is 1. The average Bonchev–Trinajstić information content (AvgIpc) is 2.24. The lowest BCUT2D eigenvalue weighted by Crippen LogP contribution is -2.46.